The van der Waals surface area contributed by atoms with Crippen LogP contribution in [0.15, 0.2) is 30.6 Å². The number of hydrogen-bond acceptors (Lipinski definition) is 8. The highest BCUT2D eigenvalue weighted by Crippen LogP contribution is 2.28. The van der Waals surface area contributed by atoms with Crippen molar-refractivity contribution in [2.24, 2.45) is 13.0 Å². The quantitative estimate of drug-likeness (QED) is 0.651. The lowest BCUT2D eigenvalue weighted by Crippen LogP contribution is -2.52. The van der Waals surface area contributed by atoms with Gasteiger partial charge in [-0.1, -0.05) is 5.21 Å². The monoisotopic (exact) mass is 381 g/mol. The van der Waals surface area contributed by atoms with Gasteiger partial charge in [0, 0.05) is 25.8 Å². The Morgan fingerprint density at radius 3 is 2.68 bits per heavy atom. The summed E-state index contributed by atoms with van der Waals surface area (Å²) in [4.78, 5) is 34.6. The smallest absolute Gasteiger partial charge is 0.338 e. The average Bonchev–Trinajstić information content (AvgIpc) is 3.03. The Kier molecular flexibility index (Phi) is 4.60. The number of fused-ring (bicyclic) bond motifs is 1. The van der Waals surface area contributed by atoms with E-state index < -0.39 is 0 Å². The molecular weight excluding hydrogens is 362 g/mol. The number of amides is 1. The molecule has 2 aromatic heterocycles. The molecule has 1 aliphatic rings. The zero-order valence-electron chi connectivity index (χ0n) is 15.5. The minimum absolute atomic E-state index is 0.0791. The van der Waals surface area contributed by atoms with E-state index in [9.17, 15) is 9.59 Å². The van der Waals surface area contributed by atoms with Crippen molar-refractivity contribution in [3.8, 4) is 0 Å². The van der Waals surface area contributed by atoms with Gasteiger partial charge in [-0.15, -0.1) is 5.10 Å². The predicted molar refractivity (Wildman–Crippen MR) is 101 cm³/mol. The van der Waals surface area contributed by atoms with Crippen LogP contribution >= 0.6 is 0 Å². The molecule has 10 heteroatoms. The number of ether oxygens (including phenoxy) is 1. The maximum atomic E-state index is 12.5. The van der Waals surface area contributed by atoms with E-state index in [1.54, 1.807) is 42.9 Å². The summed E-state index contributed by atoms with van der Waals surface area (Å²) in [5, 5.41) is 10.9. The van der Waals surface area contributed by atoms with Crippen LogP contribution in [0.1, 0.15) is 17.3 Å². The molecule has 3 heterocycles. The molecule has 1 saturated heterocycles. The summed E-state index contributed by atoms with van der Waals surface area (Å²) in [5.74, 6) is 0.0622. The number of aryl methyl sites for hydroxylation is 1. The molecule has 1 fully saturated rings. The van der Waals surface area contributed by atoms with Crippen molar-refractivity contribution in [3.63, 3.8) is 0 Å². The van der Waals surface area contributed by atoms with Crippen molar-refractivity contribution >= 4 is 34.5 Å². The topological polar surface area (TPSA) is 115 Å². The lowest BCUT2D eigenvalue weighted by molar-refractivity contribution is -0.120. The SMILES string of the molecule is CCOC(=O)c1ccc(NC(=O)C2CN(c3ncnc4c3nnn4C)C2)cc1. The summed E-state index contributed by atoms with van der Waals surface area (Å²) in [6, 6.07) is 6.64. The average molecular weight is 381 g/mol. The first-order valence-electron chi connectivity index (χ1n) is 8.90. The Morgan fingerprint density at radius 1 is 1.21 bits per heavy atom. The van der Waals surface area contributed by atoms with Crippen LogP contribution < -0.4 is 10.2 Å². The third kappa shape index (κ3) is 3.24. The molecule has 0 saturated carbocycles. The van der Waals surface area contributed by atoms with Crippen LogP contribution in [-0.2, 0) is 16.6 Å². The second-order valence-electron chi connectivity index (χ2n) is 6.47. The van der Waals surface area contributed by atoms with Gasteiger partial charge >= 0.3 is 5.97 Å². The number of carbonyl (C=O) groups excluding carboxylic acids is 2. The van der Waals surface area contributed by atoms with Crippen LogP contribution in [0.2, 0.25) is 0 Å². The molecule has 144 valence electrons. The van der Waals surface area contributed by atoms with Crippen LogP contribution in [-0.4, -0.2) is 56.5 Å². The van der Waals surface area contributed by atoms with E-state index in [0.29, 0.717) is 47.9 Å². The zero-order valence-corrected chi connectivity index (χ0v) is 15.5. The van der Waals surface area contributed by atoms with Gasteiger partial charge in [-0.25, -0.2) is 19.4 Å². The third-order valence-electron chi connectivity index (χ3n) is 4.58. The summed E-state index contributed by atoms with van der Waals surface area (Å²) >= 11 is 0. The normalized spacial score (nSPS) is 14.0. The fraction of sp³-hybridized carbons (Fsp3) is 0.333. The van der Waals surface area contributed by atoms with E-state index in [1.165, 1.54) is 6.33 Å². The van der Waals surface area contributed by atoms with Gasteiger partial charge in [-0.3, -0.25) is 4.79 Å². The molecule has 1 N–H and O–H groups in total. The zero-order chi connectivity index (χ0) is 19.7. The predicted octanol–water partition coefficient (Wildman–Crippen LogP) is 1.01. The summed E-state index contributed by atoms with van der Waals surface area (Å²) in [7, 11) is 1.77. The maximum absolute atomic E-state index is 12.5. The molecule has 4 rings (SSSR count). The van der Waals surface area contributed by atoms with E-state index in [1.807, 2.05) is 4.90 Å². The van der Waals surface area contributed by atoms with Gasteiger partial charge in [-0.05, 0) is 31.2 Å². The Bertz CT molecular complexity index is 1030. The van der Waals surface area contributed by atoms with E-state index in [-0.39, 0.29) is 17.8 Å². The van der Waals surface area contributed by atoms with Gasteiger partial charge in [0.05, 0.1) is 18.1 Å². The molecular formula is C18H19N7O3. The summed E-state index contributed by atoms with van der Waals surface area (Å²) in [6.07, 6.45) is 1.47. The molecule has 0 aliphatic carbocycles. The molecule has 0 atom stereocenters. The summed E-state index contributed by atoms with van der Waals surface area (Å²) in [5.41, 5.74) is 2.36. The van der Waals surface area contributed by atoms with Crippen LogP contribution in [0, 0.1) is 5.92 Å². The van der Waals surface area contributed by atoms with Crippen LogP contribution in [0.3, 0.4) is 0 Å². The highest BCUT2D eigenvalue weighted by molar-refractivity contribution is 5.96. The van der Waals surface area contributed by atoms with Crippen molar-refractivity contribution in [3.05, 3.63) is 36.2 Å². The molecule has 1 aliphatic heterocycles. The number of anilines is 2. The molecule has 28 heavy (non-hydrogen) atoms. The van der Waals surface area contributed by atoms with E-state index in [0.717, 1.165) is 0 Å². The number of nitrogens with zero attached hydrogens (tertiary/aromatic N) is 6. The first-order valence-corrected chi connectivity index (χ1v) is 8.90. The summed E-state index contributed by atoms with van der Waals surface area (Å²) < 4.78 is 6.53. The van der Waals surface area contributed by atoms with Gasteiger partial charge in [-0.2, -0.15) is 0 Å². The van der Waals surface area contributed by atoms with Gasteiger partial charge in [0.25, 0.3) is 0 Å². The molecule has 0 radical (unpaired) electrons. The number of rotatable bonds is 5. The Morgan fingerprint density at radius 2 is 1.96 bits per heavy atom. The highest BCUT2D eigenvalue weighted by atomic mass is 16.5. The van der Waals surface area contributed by atoms with Crippen molar-refractivity contribution in [2.75, 3.05) is 29.9 Å². The van der Waals surface area contributed by atoms with Gasteiger partial charge in [0.15, 0.2) is 17.0 Å². The number of nitrogens with one attached hydrogen (secondary N) is 1. The number of benzene rings is 1. The molecule has 1 aromatic carbocycles. The minimum Gasteiger partial charge on any atom is -0.462 e. The number of carbonyl (C=O) groups is 2. The number of hydrogen-bond donors (Lipinski definition) is 1. The van der Waals surface area contributed by atoms with Crippen LogP contribution in [0.25, 0.3) is 11.2 Å². The molecule has 1 amide bonds. The molecule has 10 nitrogen and oxygen atoms in total. The minimum atomic E-state index is -0.379. The fourth-order valence-corrected chi connectivity index (χ4v) is 3.04. The Labute approximate surface area is 160 Å². The van der Waals surface area contributed by atoms with Crippen LogP contribution in [0.5, 0.6) is 0 Å². The standard InChI is InChI=1S/C18H19N7O3/c1-3-28-18(27)11-4-6-13(7-5-11)21-17(26)12-8-25(9-12)16-14-15(19-10-20-16)24(2)23-22-14/h4-7,10,12H,3,8-9H2,1-2H3,(H,21,26). The Balaban J connectivity index is 1.37. The van der Waals surface area contributed by atoms with E-state index in [2.05, 4.69) is 25.6 Å². The second kappa shape index (κ2) is 7.22. The number of aromatic nitrogens is 5. The van der Waals surface area contributed by atoms with E-state index >= 15 is 0 Å². The van der Waals surface area contributed by atoms with Crippen molar-refractivity contribution < 1.29 is 14.3 Å². The Hall–Kier alpha value is -3.56. The summed E-state index contributed by atoms with van der Waals surface area (Å²) in [6.45, 7) is 3.15. The number of esters is 1. The molecule has 0 spiro atoms. The van der Waals surface area contributed by atoms with Gasteiger partial charge < -0.3 is 15.0 Å². The van der Waals surface area contributed by atoms with Crippen molar-refractivity contribution in [2.45, 2.75) is 6.92 Å². The largest absolute Gasteiger partial charge is 0.462 e. The first-order chi connectivity index (χ1) is 13.6. The maximum Gasteiger partial charge on any atom is 0.338 e. The molecule has 3 aromatic rings. The van der Waals surface area contributed by atoms with Gasteiger partial charge in [0.1, 0.15) is 6.33 Å². The molecule has 0 bridgehead atoms. The lowest BCUT2D eigenvalue weighted by atomic mass is 9.99. The molecule has 0 unspecified atom stereocenters. The fourth-order valence-electron chi connectivity index (χ4n) is 3.04. The third-order valence-corrected chi connectivity index (χ3v) is 4.58. The van der Waals surface area contributed by atoms with Crippen molar-refractivity contribution in [1.82, 2.24) is 25.0 Å². The second-order valence-corrected chi connectivity index (χ2v) is 6.47. The van der Waals surface area contributed by atoms with Crippen molar-refractivity contribution in [1.29, 1.82) is 0 Å². The van der Waals surface area contributed by atoms with E-state index in [4.69, 9.17) is 4.74 Å². The lowest BCUT2D eigenvalue weighted by Gasteiger charge is -2.38. The first kappa shape index (κ1) is 17.8. The highest BCUT2D eigenvalue weighted by Gasteiger charge is 2.35. The van der Waals surface area contributed by atoms with Gasteiger partial charge in [0.2, 0.25) is 5.91 Å². The van der Waals surface area contributed by atoms with Crippen LogP contribution in [0.4, 0.5) is 11.5 Å².